The van der Waals surface area contributed by atoms with Crippen LogP contribution >= 0.6 is 0 Å². The Kier molecular flexibility index (Phi) is 4.74. The highest BCUT2D eigenvalue weighted by Crippen LogP contribution is 2.39. The van der Waals surface area contributed by atoms with E-state index in [-0.39, 0.29) is 30.4 Å². The first-order valence-corrected chi connectivity index (χ1v) is 8.76. The Labute approximate surface area is 147 Å². The fourth-order valence-corrected chi connectivity index (χ4v) is 3.81. The lowest BCUT2D eigenvalue weighted by Crippen LogP contribution is -2.49. The van der Waals surface area contributed by atoms with Crippen LogP contribution in [0.4, 0.5) is 4.79 Å². The van der Waals surface area contributed by atoms with E-state index in [1.54, 1.807) is 19.3 Å². The number of amides is 4. The Hall–Kier alpha value is -2.44. The molecule has 1 aliphatic heterocycles. The van der Waals surface area contributed by atoms with Crippen molar-refractivity contribution in [3.63, 3.8) is 0 Å². The molecule has 2 fully saturated rings. The van der Waals surface area contributed by atoms with E-state index < -0.39 is 5.54 Å². The number of carbonyl (C=O) groups is 3. The van der Waals surface area contributed by atoms with Gasteiger partial charge in [-0.1, -0.05) is 25.3 Å². The first kappa shape index (κ1) is 17.4. The number of likely N-dealkylation sites (N-methyl/N-ethyl adjacent to an activating group) is 1. The van der Waals surface area contributed by atoms with Gasteiger partial charge in [-0.3, -0.25) is 19.5 Å². The van der Waals surface area contributed by atoms with Gasteiger partial charge in [0, 0.05) is 13.2 Å². The Balaban J connectivity index is 1.67. The van der Waals surface area contributed by atoms with Crippen molar-refractivity contribution in [1.29, 1.82) is 0 Å². The molecule has 134 valence electrons. The zero-order valence-corrected chi connectivity index (χ0v) is 14.7. The summed E-state index contributed by atoms with van der Waals surface area (Å²) in [6.45, 7) is 1.57. The predicted octanol–water partition coefficient (Wildman–Crippen LogP) is 1.86. The molecule has 0 unspecified atom stereocenters. The quantitative estimate of drug-likeness (QED) is 0.845. The number of nitrogens with zero attached hydrogens (tertiary/aromatic N) is 3. The third kappa shape index (κ3) is 3.10. The fourth-order valence-electron chi connectivity index (χ4n) is 3.81. The summed E-state index contributed by atoms with van der Waals surface area (Å²) >= 11 is 0. The molecule has 2 heterocycles. The number of imide groups is 1. The number of hydrogen-bond donors (Lipinski definition) is 1. The van der Waals surface area contributed by atoms with Crippen molar-refractivity contribution in [1.82, 2.24) is 20.1 Å². The van der Waals surface area contributed by atoms with E-state index in [1.165, 1.54) is 4.90 Å². The van der Waals surface area contributed by atoms with Crippen LogP contribution in [0.15, 0.2) is 24.4 Å². The largest absolute Gasteiger partial charge is 0.346 e. The topological polar surface area (TPSA) is 82.6 Å². The first-order chi connectivity index (χ1) is 12.0. The molecule has 0 radical (unpaired) electrons. The Bertz CT molecular complexity index is 670. The third-order valence-corrected chi connectivity index (χ3v) is 5.29. The van der Waals surface area contributed by atoms with Crippen LogP contribution in [0, 0.1) is 0 Å². The zero-order valence-electron chi connectivity index (χ0n) is 14.7. The predicted molar refractivity (Wildman–Crippen MR) is 91.5 cm³/mol. The smallest absolute Gasteiger partial charge is 0.327 e. The molecule has 1 aliphatic carbocycles. The van der Waals surface area contributed by atoms with Crippen LogP contribution < -0.4 is 5.32 Å². The van der Waals surface area contributed by atoms with E-state index in [0.717, 1.165) is 29.9 Å². The van der Waals surface area contributed by atoms with Crippen LogP contribution in [-0.2, 0) is 9.59 Å². The normalized spacial score (nSPS) is 20.9. The molecule has 25 heavy (non-hydrogen) atoms. The van der Waals surface area contributed by atoms with Crippen molar-refractivity contribution >= 4 is 17.8 Å². The maximum atomic E-state index is 12.9. The second kappa shape index (κ2) is 6.82. The second-order valence-electron chi connectivity index (χ2n) is 6.87. The van der Waals surface area contributed by atoms with Gasteiger partial charge in [-0.2, -0.15) is 0 Å². The van der Waals surface area contributed by atoms with Gasteiger partial charge in [0.1, 0.15) is 12.1 Å². The molecule has 1 atom stereocenters. The molecule has 7 heteroatoms. The summed E-state index contributed by atoms with van der Waals surface area (Å²) in [5, 5.41) is 2.80. The minimum absolute atomic E-state index is 0.236. The van der Waals surface area contributed by atoms with Crippen molar-refractivity contribution in [2.75, 3.05) is 13.6 Å². The number of aromatic nitrogens is 1. The Morgan fingerprint density at radius 1 is 1.28 bits per heavy atom. The van der Waals surface area contributed by atoms with Crippen LogP contribution in [-0.4, -0.2) is 51.8 Å². The lowest BCUT2D eigenvalue weighted by molar-refractivity contribution is -0.137. The molecule has 3 rings (SSSR count). The molecule has 1 saturated heterocycles. The van der Waals surface area contributed by atoms with Gasteiger partial charge in [-0.15, -0.1) is 0 Å². The molecular formula is C18H24N4O3. The SMILES string of the molecule is C[C@H](NC(=O)CN1C(=O)N(C)C2(CCCCC2)C1=O)c1ccccn1. The Morgan fingerprint density at radius 3 is 2.64 bits per heavy atom. The molecule has 7 nitrogen and oxygen atoms in total. The number of rotatable bonds is 4. The summed E-state index contributed by atoms with van der Waals surface area (Å²) in [5.41, 5.74) is -0.0156. The summed E-state index contributed by atoms with van der Waals surface area (Å²) in [4.78, 5) is 44.6. The minimum Gasteiger partial charge on any atom is -0.346 e. The third-order valence-electron chi connectivity index (χ3n) is 5.29. The van der Waals surface area contributed by atoms with Crippen molar-refractivity contribution in [3.05, 3.63) is 30.1 Å². The summed E-state index contributed by atoms with van der Waals surface area (Å²) in [6, 6.07) is 4.80. The molecular weight excluding hydrogens is 320 g/mol. The van der Waals surface area contributed by atoms with E-state index in [1.807, 2.05) is 19.1 Å². The number of pyridine rings is 1. The zero-order chi connectivity index (χ0) is 18.0. The van der Waals surface area contributed by atoms with Crippen LogP contribution in [0.3, 0.4) is 0 Å². The molecule has 2 aliphatic rings. The van der Waals surface area contributed by atoms with Crippen molar-refractivity contribution in [3.8, 4) is 0 Å². The standard InChI is InChI=1S/C18H24N4O3/c1-13(14-8-4-7-11-19-14)20-15(23)12-22-16(24)18(21(2)17(22)25)9-5-3-6-10-18/h4,7-8,11,13H,3,5-6,9-10,12H2,1-2H3,(H,20,23)/t13-/m0/s1. The van der Waals surface area contributed by atoms with Crippen molar-refractivity contribution in [2.24, 2.45) is 0 Å². The summed E-state index contributed by atoms with van der Waals surface area (Å²) in [5.74, 6) is -0.596. The van der Waals surface area contributed by atoms with Crippen LogP contribution in [0.1, 0.15) is 50.8 Å². The average molecular weight is 344 g/mol. The van der Waals surface area contributed by atoms with Crippen molar-refractivity contribution in [2.45, 2.75) is 50.6 Å². The lowest BCUT2D eigenvalue weighted by atomic mass is 9.81. The maximum Gasteiger partial charge on any atom is 0.327 e. The molecule has 1 N–H and O–H groups in total. The van der Waals surface area contributed by atoms with E-state index >= 15 is 0 Å². The highest BCUT2D eigenvalue weighted by Gasteiger charge is 2.55. The molecule has 1 aromatic rings. The molecule has 4 amide bonds. The van der Waals surface area contributed by atoms with E-state index in [0.29, 0.717) is 12.8 Å². The van der Waals surface area contributed by atoms with Gasteiger partial charge in [0.15, 0.2) is 0 Å². The molecule has 1 aromatic heterocycles. The highest BCUT2D eigenvalue weighted by molar-refractivity contribution is 6.08. The van der Waals surface area contributed by atoms with E-state index in [4.69, 9.17) is 0 Å². The van der Waals surface area contributed by atoms with Gasteiger partial charge in [0.05, 0.1) is 11.7 Å². The minimum atomic E-state index is -0.748. The first-order valence-electron chi connectivity index (χ1n) is 8.76. The van der Waals surface area contributed by atoms with E-state index in [9.17, 15) is 14.4 Å². The van der Waals surface area contributed by atoms with Crippen LogP contribution in [0.5, 0.6) is 0 Å². The van der Waals surface area contributed by atoms with Gasteiger partial charge in [0.25, 0.3) is 5.91 Å². The van der Waals surface area contributed by atoms with Crippen molar-refractivity contribution < 1.29 is 14.4 Å². The number of urea groups is 1. The van der Waals surface area contributed by atoms with E-state index in [2.05, 4.69) is 10.3 Å². The summed E-state index contributed by atoms with van der Waals surface area (Å²) in [6.07, 6.45) is 5.96. The molecule has 0 aromatic carbocycles. The Morgan fingerprint density at radius 2 is 2.00 bits per heavy atom. The number of carbonyl (C=O) groups excluding carboxylic acids is 3. The summed E-state index contributed by atoms with van der Waals surface area (Å²) in [7, 11) is 1.67. The molecule has 1 saturated carbocycles. The summed E-state index contributed by atoms with van der Waals surface area (Å²) < 4.78 is 0. The lowest BCUT2D eigenvalue weighted by Gasteiger charge is -2.35. The van der Waals surface area contributed by atoms with Gasteiger partial charge < -0.3 is 10.2 Å². The molecule has 0 bridgehead atoms. The highest BCUT2D eigenvalue weighted by atomic mass is 16.2. The molecule has 1 spiro atoms. The monoisotopic (exact) mass is 344 g/mol. The van der Waals surface area contributed by atoms with Gasteiger partial charge in [0.2, 0.25) is 5.91 Å². The van der Waals surface area contributed by atoms with Gasteiger partial charge in [-0.05, 0) is 31.9 Å². The van der Waals surface area contributed by atoms with Gasteiger partial charge in [-0.25, -0.2) is 4.79 Å². The maximum absolute atomic E-state index is 12.9. The van der Waals surface area contributed by atoms with Crippen LogP contribution in [0.2, 0.25) is 0 Å². The average Bonchev–Trinajstić information content (AvgIpc) is 2.79. The number of hydrogen-bond acceptors (Lipinski definition) is 4. The second-order valence-corrected chi connectivity index (χ2v) is 6.87. The van der Waals surface area contributed by atoms with Crippen LogP contribution in [0.25, 0.3) is 0 Å². The van der Waals surface area contributed by atoms with Gasteiger partial charge >= 0.3 is 6.03 Å². The number of nitrogens with one attached hydrogen (secondary N) is 1. The fraction of sp³-hybridized carbons (Fsp3) is 0.556.